The fraction of sp³-hybridized carbons (Fsp3) is 0.647. The van der Waals surface area contributed by atoms with E-state index in [9.17, 15) is 0 Å². The fourth-order valence-electron chi connectivity index (χ4n) is 2.44. The molecule has 0 saturated heterocycles. The second-order valence-corrected chi connectivity index (χ2v) is 6.25. The van der Waals surface area contributed by atoms with Crippen molar-refractivity contribution < 1.29 is 4.74 Å². The van der Waals surface area contributed by atoms with Crippen molar-refractivity contribution >= 4 is 0 Å². The monoisotopic (exact) mass is 278 g/mol. The minimum atomic E-state index is 0.276. The molecule has 0 bridgehead atoms. The number of methoxy groups -OCH3 is 1. The van der Waals surface area contributed by atoms with E-state index in [1.165, 1.54) is 11.1 Å². The second-order valence-electron chi connectivity index (χ2n) is 6.25. The number of benzene rings is 1. The highest BCUT2D eigenvalue weighted by atomic mass is 16.5. The third kappa shape index (κ3) is 4.80. The molecule has 1 aromatic rings. The molecule has 0 aromatic heterocycles. The van der Waals surface area contributed by atoms with Gasteiger partial charge in [0, 0.05) is 24.2 Å². The van der Waals surface area contributed by atoms with Crippen LogP contribution in [0.1, 0.15) is 37.9 Å². The first-order valence-corrected chi connectivity index (χ1v) is 7.40. The molecule has 0 saturated carbocycles. The summed E-state index contributed by atoms with van der Waals surface area (Å²) in [5.41, 5.74) is 2.45. The first-order chi connectivity index (χ1) is 9.35. The Morgan fingerprint density at radius 1 is 1.20 bits per heavy atom. The van der Waals surface area contributed by atoms with Gasteiger partial charge in [0.05, 0.1) is 7.11 Å². The molecule has 20 heavy (non-hydrogen) atoms. The zero-order chi connectivity index (χ0) is 15.3. The summed E-state index contributed by atoms with van der Waals surface area (Å²) in [5, 5.41) is 3.74. The van der Waals surface area contributed by atoms with Crippen molar-refractivity contribution in [2.75, 3.05) is 27.7 Å². The zero-order valence-corrected chi connectivity index (χ0v) is 14.0. The lowest BCUT2D eigenvalue weighted by Crippen LogP contribution is -2.43. The van der Waals surface area contributed by atoms with Gasteiger partial charge < -0.3 is 15.0 Å². The molecule has 0 heterocycles. The quantitative estimate of drug-likeness (QED) is 0.828. The van der Waals surface area contributed by atoms with Gasteiger partial charge >= 0.3 is 0 Å². The largest absolute Gasteiger partial charge is 0.496 e. The van der Waals surface area contributed by atoms with E-state index in [4.69, 9.17) is 4.74 Å². The van der Waals surface area contributed by atoms with E-state index in [-0.39, 0.29) is 6.04 Å². The van der Waals surface area contributed by atoms with E-state index >= 15 is 0 Å². The summed E-state index contributed by atoms with van der Waals surface area (Å²) in [6, 6.07) is 7.15. The summed E-state index contributed by atoms with van der Waals surface area (Å²) in [6.07, 6.45) is 0. The Labute approximate surface area is 124 Å². The third-order valence-corrected chi connectivity index (χ3v) is 3.69. The van der Waals surface area contributed by atoms with Crippen LogP contribution in [-0.2, 0) is 0 Å². The molecular formula is C17H30N2O. The lowest BCUT2D eigenvalue weighted by molar-refractivity contribution is 0.271. The van der Waals surface area contributed by atoms with Crippen molar-refractivity contribution in [1.82, 2.24) is 10.2 Å². The van der Waals surface area contributed by atoms with Crippen LogP contribution in [0, 0.1) is 12.8 Å². The van der Waals surface area contributed by atoms with Crippen molar-refractivity contribution in [3.8, 4) is 5.75 Å². The molecule has 3 heteroatoms. The van der Waals surface area contributed by atoms with E-state index < -0.39 is 0 Å². The average molecular weight is 278 g/mol. The SMILES string of the molecule is COc1cc(C)ccc1C(C)NC(CN(C)C)C(C)C. The third-order valence-electron chi connectivity index (χ3n) is 3.69. The van der Waals surface area contributed by atoms with Crippen LogP contribution in [0.3, 0.4) is 0 Å². The second kappa shape index (κ2) is 7.65. The summed E-state index contributed by atoms with van der Waals surface area (Å²) in [5.74, 6) is 1.56. The molecular weight excluding hydrogens is 248 g/mol. The van der Waals surface area contributed by atoms with Crippen LogP contribution in [0.25, 0.3) is 0 Å². The molecule has 1 rings (SSSR count). The van der Waals surface area contributed by atoms with Crippen LogP contribution in [0.4, 0.5) is 0 Å². The van der Waals surface area contributed by atoms with Crippen LogP contribution in [0.2, 0.25) is 0 Å². The summed E-state index contributed by atoms with van der Waals surface area (Å²) in [7, 11) is 5.98. The Balaban J connectivity index is 2.85. The Bertz CT molecular complexity index is 415. The van der Waals surface area contributed by atoms with Crippen LogP contribution in [-0.4, -0.2) is 38.7 Å². The van der Waals surface area contributed by atoms with Gasteiger partial charge in [-0.05, 0) is 45.5 Å². The molecule has 0 fully saturated rings. The summed E-state index contributed by atoms with van der Waals surface area (Å²) in [6.45, 7) is 9.86. The number of ether oxygens (including phenoxy) is 1. The first-order valence-electron chi connectivity index (χ1n) is 7.40. The van der Waals surface area contributed by atoms with E-state index in [0.29, 0.717) is 12.0 Å². The molecule has 0 radical (unpaired) electrons. The molecule has 0 amide bonds. The molecule has 2 unspecified atom stereocenters. The highest BCUT2D eigenvalue weighted by Crippen LogP contribution is 2.27. The molecule has 0 spiro atoms. The van der Waals surface area contributed by atoms with Crippen molar-refractivity contribution in [2.24, 2.45) is 5.92 Å². The van der Waals surface area contributed by atoms with Gasteiger partial charge in [-0.25, -0.2) is 0 Å². The van der Waals surface area contributed by atoms with Gasteiger partial charge in [0.15, 0.2) is 0 Å². The van der Waals surface area contributed by atoms with Crippen LogP contribution in [0.5, 0.6) is 5.75 Å². The Morgan fingerprint density at radius 3 is 2.35 bits per heavy atom. The van der Waals surface area contributed by atoms with Gasteiger partial charge in [0.25, 0.3) is 0 Å². The number of hydrogen-bond donors (Lipinski definition) is 1. The van der Waals surface area contributed by atoms with Crippen LogP contribution < -0.4 is 10.1 Å². The maximum Gasteiger partial charge on any atom is 0.123 e. The standard InChI is InChI=1S/C17H30N2O/c1-12(2)16(11-19(5)6)18-14(4)15-9-8-13(3)10-17(15)20-7/h8-10,12,14,16,18H,11H2,1-7H3. The van der Waals surface area contributed by atoms with Crippen molar-refractivity contribution in [1.29, 1.82) is 0 Å². The molecule has 0 aliphatic rings. The number of rotatable bonds is 7. The van der Waals surface area contributed by atoms with Gasteiger partial charge in [-0.3, -0.25) is 0 Å². The van der Waals surface area contributed by atoms with E-state index in [2.05, 4.69) is 70.2 Å². The number of likely N-dealkylation sites (N-methyl/N-ethyl adjacent to an activating group) is 1. The first kappa shape index (κ1) is 17.0. The summed E-state index contributed by atoms with van der Waals surface area (Å²) in [4.78, 5) is 2.23. The topological polar surface area (TPSA) is 24.5 Å². The van der Waals surface area contributed by atoms with Gasteiger partial charge in [-0.1, -0.05) is 26.0 Å². The molecule has 0 aliphatic heterocycles. The number of nitrogens with zero attached hydrogens (tertiary/aromatic N) is 1. The Kier molecular flexibility index (Phi) is 6.50. The normalized spacial score (nSPS) is 14.7. The number of nitrogens with one attached hydrogen (secondary N) is 1. The minimum absolute atomic E-state index is 0.276. The smallest absolute Gasteiger partial charge is 0.123 e. The van der Waals surface area contributed by atoms with Gasteiger partial charge in [0.2, 0.25) is 0 Å². The maximum absolute atomic E-state index is 5.52. The van der Waals surface area contributed by atoms with Gasteiger partial charge in [0.1, 0.15) is 5.75 Å². The highest BCUT2D eigenvalue weighted by molar-refractivity contribution is 5.39. The summed E-state index contributed by atoms with van der Waals surface area (Å²) >= 11 is 0. The predicted molar refractivity (Wildman–Crippen MR) is 86.5 cm³/mol. The van der Waals surface area contributed by atoms with Crippen molar-refractivity contribution in [3.63, 3.8) is 0 Å². The molecule has 1 N–H and O–H groups in total. The predicted octanol–water partition coefficient (Wildman–Crippen LogP) is 3.24. The summed E-state index contributed by atoms with van der Waals surface area (Å²) < 4.78 is 5.52. The van der Waals surface area contributed by atoms with Gasteiger partial charge in [-0.2, -0.15) is 0 Å². The van der Waals surface area contributed by atoms with E-state index in [1.807, 2.05) is 0 Å². The lowest BCUT2D eigenvalue weighted by Gasteiger charge is -2.29. The molecule has 2 atom stereocenters. The number of hydrogen-bond acceptors (Lipinski definition) is 3. The van der Waals surface area contributed by atoms with Crippen LogP contribution in [0.15, 0.2) is 18.2 Å². The van der Waals surface area contributed by atoms with E-state index in [0.717, 1.165) is 12.3 Å². The minimum Gasteiger partial charge on any atom is -0.496 e. The van der Waals surface area contributed by atoms with Crippen LogP contribution >= 0.6 is 0 Å². The molecule has 0 aliphatic carbocycles. The Hall–Kier alpha value is -1.06. The van der Waals surface area contributed by atoms with Crippen molar-refractivity contribution in [2.45, 2.75) is 39.8 Å². The Morgan fingerprint density at radius 2 is 1.85 bits per heavy atom. The average Bonchev–Trinajstić information content (AvgIpc) is 2.36. The fourth-order valence-corrected chi connectivity index (χ4v) is 2.44. The molecule has 1 aromatic carbocycles. The lowest BCUT2D eigenvalue weighted by atomic mass is 9.99. The molecule has 114 valence electrons. The number of aryl methyl sites for hydroxylation is 1. The van der Waals surface area contributed by atoms with Crippen molar-refractivity contribution in [3.05, 3.63) is 29.3 Å². The van der Waals surface area contributed by atoms with Gasteiger partial charge in [-0.15, -0.1) is 0 Å². The maximum atomic E-state index is 5.52. The van der Waals surface area contributed by atoms with E-state index in [1.54, 1.807) is 7.11 Å². The zero-order valence-electron chi connectivity index (χ0n) is 14.0. The molecule has 3 nitrogen and oxygen atoms in total. The highest BCUT2D eigenvalue weighted by Gasteiger charge is 2.19.